The topological polar surface area (TPSA) is 201 Å². The molecular formula is C3H9N12+. The van der Waals surface area contributed by atoms with Crippen molar-refractivity contribution < 1.29 is 5.43 Å². The van der Waals surface area contributed by atoms with Crippen LogP contribution in [0.2, 0.25) is 0 Å². The number of quaternary nitrogens is 1. The van der Waals surface area contributed by atoms with Crippen molar-refractivity contribution in [3.05, 3.63) is 0 Å². The number of guanidine groups is 1. The number of hydrogen-bond acceptors (Lipinski definition) is 8. The van der Waals surface area contributed by atoms with Crippen LogP contribution in [0.3, 0.4) is 0 Å². The maximum absolute atomic E-state index is 6.34. The van der Waals surface area contributed by atoms with Crippen LogP contribution in [0.5, 0.6) is 0 Å². The van der Waals surface area contributed by atoms with Crippen molar-refractivity contribution in [1.29, 1.82) is 5.41 Å². The molecule has 80 valence electrons. The van der Waals surface area contributed by atoms with Crippen molar-refractivity contribution in [2.24, 2.45) is 11.6 Å². The molecule has 0 aliphatic heterocycles. The molecule has 2 aromatic rings. The van der Waals surface area contributed by atoms with Gasteiger partial charge in [-0.2, -0.15) is 16.3 Å². The van der Waals surface area contributed by atoms with Gasteiger partial charge in [0.1, 0.15) is 0 Å². The summed E-state index contributed by atoms with van der Waals surface area (Å²) in [5, 5.41) is 32.0. The van der Waals surface area contributed by atoms with E-state index in [0.29, 0.717) is 11.6 Å². The largest absolute Gasteiger partial charge is 0.337 e. The predicted molar refractivity (Wildman–Crippen MR) is 45.4 cm³/mol. The number of aromatic amines is 2. The van der Waals surface area contributed by atoms with Gasteiger partial charge in [0, 0.05) is 0 Å². The van der Waals surface area contributed by atoms with E-state index in [2.05, 4.69) is 41.2 Å². The molecule has 0 aliphatic carbocycles. The summed E-state index contributed by atoms with van der Waals surface area (Å²) in [6, 6.07) is 0. The zero-order chi connectivity index (χ0) is 11.1. The second kappa shape index (κ2) is 5.30. The van der Waals surface area contributed by atoms with Gasteiger partial charge in [-0.1, -0.05) is 0 Å². The third-order valence-electron chi connectivity index (χ3n) is 1.07. The highest BCUT2D eigenvalue weighted by molar-refractivity contribution is 5.62. The Labute approximate surface area is 82.3 Å². The minimum atomic E-state index is -0.0926. The molecule has 15 heavy (non-hydrogen) atoms. The second-order valence-electron chi connectivity index (χ2n) is 2.09. The lowest BCUT2D eigenvalue weighted by molar-refractivity contribution is -0.555. The van der Waals surface area contributed by atoms with E-state index in [9.17, 15) is 0 Å². The van der Waals surface area contributed by atoms with Crippen LogP contribution in [0.15, 0.2) is 0 Å². The average molecular weight is 213 g/mol. The third-order valence-corrected chi connectivity index (χ3v) is 1.07. The molecule has 0 unspecified atom stereocenters. The van der Waals surface area contributed by atoms with E-state index in [4.69, 9.17) is 17.0 Å². The number of nitrogens with zero attached hydrogens (tertiary/aromatic N) is 6. The highest BCUT2D eigenvalue weighted by atomic mass is 15.5. The van der Waals surface area contributed by atoms with Gasteiger partial charge in [-0.25, -0.2) is 10.8 Å². The number of nitrogens with two attached hydrogens (primary N) is 3. The van der Waals surface area contributed by atoms with Crippen LogP contribution in [0.4, 0.5) is 0 Å². The van der Waals surface area contributed by atoms with Gasteiger partial charge >= 0.3 is 5.96 Å². The molecule has 12 heteroatoms. The van der Waals surface area contributed by atoms with Crippen LogP contribution in [-0.4, -0.2) is 47.2 Å². The van der Waals surface area contributed by atoms with Crippen molar-refractivity contribution in [2.45, 2.75) is 0 Å². The molecule has 0 saturated heterocycles. The van der Waals surface area contributed by atoms with Gasteiger partial charge < -0.3 is 5.73 Å². The van der Waals surface area contributed by atoms with Crippen LogP contribution in [-0.2, 0) is 0 Å². The lowest BCUT2D eigenvalue weighted by atomic mass is 10.6. The van der Waals surface area contributed by atoms with Gasteiger partial charge in [-0.05, 0) is 10.4 Å². The zero-order valence-electron chi connectivity index (χ0n) is 7.42. The third kappa shape index (κ3) is 3.41. The first-order valence-electron chi connectivity index (χ1n) is 3.60. The van der Waals surface area contributed by atoms with E-state index in [-0.39, 0.29) is 5.96 Å². The summed E-state index contributed by atoms with van der Waals surface area (Å²) in [6.07, 6.45) is 0. The van der Waals surface area contributed by atoms with Gasteiger partial charge in [-0.15, -0.1) is 20.4 Å². The summed E-state index contributed by atoms with van der Waals surface area (Å²) in [5.41, 5.74) is 5.72. The SMILES string of the molecule is N=C(N)[NH2+]N.n1nc(-c2nn[nH]n2)n[nH]1. The van der Waals surface area contributed by atoms with E-state index in [1.54, 1.807) is 0 Å². The molecule has 0 fully saturated rings. The fourth-order valence-corrected chi connectivity index (χ4v) is 0.513. The lowest BCUT2D eigenvalue weighted by Gasteiger charge is -1.77. The van der Waals surface area contributed by atoms with Crippen molar-refractivity contribution in [3.8, 4) is 11.6 Å². The van der Waals surface area contributed by atoms with E-state index in [1.165, 1.54) is 0 Å². The fourth-order valence-electron chi connectivity index (χ4n) is 0.513. The molecule has 0 amide bonds. The monoisotopic (exact) mass is 213 g/mol. The van der Waals surface area contributed by atoms with Crippen LogP contribution in [0.25, 0.3) is 11.6 Å². The maximum Gasteiger partial charge on any atom is 0.308 e. The Bertz CT molecular complexity index is 339. The first kappa shape index (κ1) is 10.6. The summed E-state index contributed by atoms with van der Waals surface area (Å²) in [7, 11) is 0. The number of hydrogen-bond donors (Lipinski definition) is 6. The van der Waals surface area contributed by atoms with E-state index in [0.717, 1.165) is 5.43 Å². The van der Waals surface area contributed by atoms with Gasteiger partial charge in [-0.3, -0.25) is 0 Å². The zero-order valence-corrected chi connectivity index (χ0v) is 7.42. The first-order valence-corrected chi connectivity index (χ1v) is 3.60. The van der Waals surface area contributed by atoms with Gasteiger partial charge in [0.2, 0.25) is 11.6 Å². The van der Waals surface area contributed by atoms with E-state index in [1.807, 2.05) is 0 Å². The van der Waals surface area contributed by atoms with E-state index >= 15 is 0 Å². The van der Waals surface area contributed by atoms with Crippen LogP contribution in [0.1, 0.15) is 0 Å². The molecule has 0 bridgehead atoms. The molecule has 12 nitrogen and oxygen atoms in total. The number of nitrogens with one attached hydrogen (secondary N) is 3. The summed E-state index contributed by atoms with van der Waals surface area (Å²) in [6.45, 7) is 0. The average Bonchev–Trinajstić information content (AvgIpc) is 2.90. The van der Waals surface area contributed by atoms with Crippen LogP contribution >= 0.6 is 0 Å². The number of aromatic nitrogens is 8. The standard InChI is InChI=1S/C2H2N8.CH6N4/c3-1(4-8-7-3)2-5-9-10-6-2;2-1(3)5-4/h(H,3,4,7,8)(H,5,6,9,10);4H2,(H4,2,3,5)/p+1. The van der Waals surface area contributed by atoms with Gasteiger partial charge in [0.15, 0.2) is 0 Å². The molecule has 0 radical (unpaired) electrons. The second-order valence-corrected chi connectivity index (χ2v) is 2.09. The quantitative estimate of drug-likeness (QED) is 0.118. The molecule has 9 N–H and O–H groups in total. The Kier molecular flexibility index (Phi) is 3.75. The van der Waals surface area contributed by atoms with Crippen molar-refractivity contribution in [3.63, 3.8) is 0 Å². The molecule has 0 aromatic carbocycles. The Balaban J connectivity index is 0.000000195. The molecule has 2 aromatic heterocycles. The fraction of sp³-hybridized carbons (Fsp3) is 0. The molecule has 0 atom stereocenters. The summed E-state index contributed by atoms with van der Waals surface area (Å²) in [5.74, 6) is 5.26. The molecule has 0 spiro atoms. The Morgan fingerprint density at radius 2 is 1.53 bits per heavy atom. The molecule has 0 aliphatic rings. The summed E-state index contributed by atoms with van der Waals surface area (Å²) < 4.78 is 0. The Morgan fingerprint density at radius 1 is 1.13 bits per heavy atom. The molecule has 0 saturated carbocycles. The van der Waals surface area contributed by atoms with Crippen molar-refractivity contribution >= 4 is 5.96 Å². The van der Waals surface area contributed by atoms with Gasteiger partial charge in [0.25, 0.3) is 0 Å². The summed E-state index contributed by atoms with van der Waals surface area (Å²) >= 11 is 0. The van der Waals surface area contributed by atoms with Crippen LogP contribution in [0, 0.1) is 5.41 Å². The number of rotatable bonds is 1. The number of H-pyrrole nitrogens is 2. The van der Waals surface area contributed by atoms with E-state index < -0.39 is 0 Å². The van der Waals surface area contributed by atoms with Crippen LogP contribution < -0.4 is 17.0 Å². The molecule has 2 rings (SSSR count). The molecule has 2 heterocycles. The minimum absolute atomic E-state index is 0.0926. The van der Waals surface area contributed by atoms with Crippen molar-refractivity contribution in [2.75, 3.05) is 0 Å². The van der Waals surface area contributed by atoms with Gasteiger partial charge in [0.05, 0.1) is 0 Å². The lowest BCUT2D eigenvalue weighted by Crippen LogP contribution is -2.96. The predicted octanol–water partition coefficient (Wildman–Crippen LogP) is -4.30. The maximum atomic E-state index is 6.34. The summed E-state index contributed by atoms with van der Waals surface area (Å²) in [4.78, 5) is 0. The Hall–Kier alpha value is -2.47. The highest BCUT2D eigenvalue weighted by Crippen LogP contribution is 1.99. The van der Waals surface area contributed by atoms with Crippen molar-refractivity contribution in [1.82, 2.24) is 41.2 Å². The highest BCUT2D eigenvalue weighted by Gasteiger charge is 2.05. The first-order chi connectivity index (χ1) is 7.24. The molecular weight excluding hydrogens is 204 g/mol. The Morgan fingerprint density at radius 3 is 1.73 bits per heavy atom. The minimum Gasteiger partial charge on any atom is -0.337 e. The smallest absolute Gasteiger partial charge is 0.308 e. The number of tetrazole rings is 2. The normalized spacial score (nSPS) is 9.13.